The zero-order valence-electron chi connectivity index (χ0n) is 11.3. The number of hydrogen-bond acceptors (Lipinski definition) is 5. The predicted molar refractivity (Wildman–Crippen MR) is 78.8 cm³/mol. The SMILES string of the molecule is CCCOc1cccnc1NC(CC)c1nccs1. The normalized spacial score (nSPS) is 12.1. The largest absolute Gasteiger partial charge is 0.490 e. The number of rotatable bonds is 7. The lowest BCUT2D eigenvalue weighted by Crippen LogP contribution is -2.12. The van der Waals surface area contributed by atoms with Crippen molar-refractivity contribution < 1.29 is 4.74 Å². The molecule has 2 rings (SSSR count). The Morgan fingerprint density at radius 2 is 2.21 bits per heavy atom. The topological polar surface area (TPSA) is 47.0 Å². The molecule has 0 aliphatic carbocycles. The highest BCUT2D eigenvalue weighted by Crippen LogP contribution is 2.28. The maximum atomic E-state index is 5.71. The smallest absolute Gasteiger partial charge is 0.169 e. The number of aromatic nitrogens is 2. The molecule has 102 valence electrons. The van der Waals surface area contributed by atoms with E-state index in [9.17, 15) is 0 Å². The minimum atomic E-state index is 0.180. The van der Waals surface area contributed by atoms with Crippen molar-refractivity contribution in [1.29, 1.82) is 0 Å². The lowest BCUT2D eigenvalue weighted by atomic mass is 10.2. The maximum absolute atomic E-state index is 5.71. The number of ether oxygens (including phenoxy) is 1. The van der Waals surface area contributed by atoms with Crippen LogP contribution in [0.25, 0.3) is 0 Å². The van der Waals surface area contributed by atoms with Crippen molar-refractivity contribution in [3.8, 4) is 5.75 Å². The lowest BCUT2D eigenvalue weighted by Gasteiger charge is -2.17. The monoisotopic (exact) mass is 277 g/mol. The van der Waals surface area contributed by atoms with Crippen molar-refractivity contribution in [1.82, 2.24) is 9.97 Å². The first kappa shape index (κ1) is 13.8. The highest BCUT2D eigenvalue weighted by molar-refractivity contribution is 7.09. The summed E-state index contributed by atoms with van der Waals surface area (Å²) in [6, 6.07) is 4.01. The van der Waals surface area contributed by atoms with E-state index >= 15 is 0 Å². The molecule has 0 saturated carbocycles. The fourth-order valence-electron chi connectivity index (χ4n) is 1.74. The van der Waals surface area contributed by atoms with E-state index in [2.05, 4.69) is 29.1 Å². The van der Waals surface area contributed by atoms with Crippen LogP contribution in [0.5, 0.6) is 5.75 Å². The summed E-state index contributed by atoms with van der Waals surface area (Å²) in [6.45, 7) is 4.93. The molecule has 0 aliphatic heterocycles. The molecule has 0 radical (unpaired) electrons. The average Bonchev–Trinajstić information content (AvgIpc) is 2.97. The second kappa shape index (κ2) is 7.09. The van der Waals surface area contributed by atoms with Gasteiger partial charge in [0.15, 0.2) is 11.6 Å². The molecule has 2 heterocycles. The molecule has 1 unspecified atom stereocenters. The summed E-state index contributed by atoms with van der Waals surface area (Å²) >= 11 is 1.66. The fourth-order valence-corrected chi connectivity index (χ4v) is 2.51. The number of thiazole rings is 1. The van der Waals surface area contributed by atoms with Gasteiger partial charge in [0, 0.05) is 17.8 Å². The quantitative estimate of drug-likeness (QED) is 0.834. The van der Waals surface area contributed by atoms with Gasteiger partial charge < -0.3 is 10.1 Å². The van der Waals surface area contributed by atoms with Crippen LogP contribution in [-0.4, -0.2) is 16.6 Å². The van der Waals surface area contributed by atoms with Crippen molar-refractivity contribution in [3.63, 3.8) is 0 Å². The molecule has 0 fully saturated rings. The summed E-state index contributed by atoms with van der Waals surface area (Å²) in [7, 11) is 0. The van der Waals surface area contributed by atoms with Crippen molar-refractivity contribution in [3.05, 3.63) is 34.9 Å². The highest BCUT2D eigenvalue weighted by atomic mass is 32.1. The van der Waals surface area contributed by atoms with Gasteiger partial charge in [0.2, 0.25) is 0 Å². The average molecular weight is 277 g/mol. The van der Waals surface area contributed by atoms with Crippen molar-refractivity contribution in [2.24, 2.45) is 0 Å². The Labute approximate surface area is 117 Å². The van der Waals surface area contributed by atoms with Crippen LogP contribution < -0.4 is 10.1 Å². The number of anilines is 1. The molecule has 0 spiro atoms. The maximum Gasteiger partial charge on any atom is 0.169 e. The zero-order valence-corrected chi connectivity index (χ0v) is 12.1. The molecule has 0 amide bonds. The van der Waals surface area contributed by atoms with E-state index in [0.717, 1.165) is 29.4 Å². The van der Waals surface area contributed by atoms with Crippen LogP contribution in [0.1, 0.15) is 37.7 Å². The number of hydrogen-bond donors (Lipinski definition) is 1. The van der Waals surface area contributed by atoms with Gasteiger partial charge in [-0.1, -0.05) is 13.8 Å². The Bertz CT molecular complexity index is 487. The molecular formula is C14H19N3OS. The van der Waals surface area contributed by atoms with Crippen LogP contribution >= 0.6 is 11.3 Å². The first-order valence-corrected chi connectivity index (χ1v) is 7.46. The molecule has 0 saturated heterocycles. The predicted octanol–water partition coefficient (Wildman–Crippen LogP) is 3.89. The Morgan fingerprint density at radius 3 is 2.89 bits per heavy atom. The molecule has 0 aromatic carbocycles. The molecule has 0 bridgehead atoms. The van der Waals surface area contributed by atoms with E-state index in [0.29, 0.717) is 6.61 Å². The summed E-state index contributed by atoms with van der Waals surface area (Å²) in [4.78, 5) is 8.73. The van der Waals surface area contributed by atoms with Crippen molar-refractivity contribution in [2.45, 2.75) is 32.7 Å². The lowest BCUT2D eigenvalue weighted by molar-refractivity contribution is 0.317. The minimum absolute atomic E-state index is 0.180. The Morgan fingerprint density at radius 1 is 1.32 bits per heavy atom. The molecule has 19 heavy (non-hydrogen) atoms. The standard InChI is InChI=1S/C14H19N3OS/c1-3-9-18-12-6-5-7-15-13(12)17-11(4-2)14-16-8-10-19-14/h5-8,10-11H,3-4,9H2,1-2H3,(H,15,17). The van der Waals surface area contributed by atoms with Gasteiger partial charge in [-0.25, -0.2) is 9.97 Å². The van der Waals surface area contributed by atoms with Crippen LogP contribution in [0.3, 0.4) is 0 Å². The molecule has 4 nitrogen and oxygen atoms in total. The van der Waals surface area contributed by atoms with Gasteiger partial charge in [-0.15, -0.1) is 11.3 Å². The molecule has 1 N–H and O–H groups in total. The van der Waals surface area contributed by atoms with Crippen LogP contribution in [0.2, 0.25) is 0 Å². The van der Waals surface area contributed by atoms with E-state index in [1.807, 2.05) is 23.7 Å². The van der Waals surface area contributed by atoms with Gasteiger partial charge in [0.25, 0.3) is 0 Å². The Kier molecular flexibility index (Phi) is 5.15. The second-order valence-electron chi connectivity index (χ2n) is 4.17. The molecule has 0 aliphatic rings. The summed E-state index contributed by atoms with van der Waals surface area (Å²) in [5.74, 6) is 1.59. The van der Waals surface area contributed by atoms with Gasteiger partial charge in [-0.3, -0.25) is 0 Å². The third kappa shape index (κ3) is 3.67. The fraction of sp³-hybridized carbons (Fsp3) is 0.429. The molecular weight excluding hydrogens is 258 g/mol. The summed E-state index contributed by atoms with van der Waals surface area (Å²) < 4.78 is 5.71. The molecule has 2 aromatic heterocycles. The van der Waals surface area contributed by atoms with Gasteiger partial charge in [-0.2, -0.15) is 0 Å². The van der Waals surface area contributed by atoms with E-state index < -0.39 is 0 Å². The number of pyridine rings is 1. The van der Waals surface area contributed by atoms with Crippen LogP contribution in [0.15, 0.2) is 29.9 Å². The summed E-state index contributed by atoms with van der Waals surface area (Å²) in [6.07, 6.45) is 5.54. The van der Waals surface area contributed by atoms with Crippen LogP contribution in [0, 0.1) is 0 Å². The van der Waals surface area contributed by atoms with Gasteiger partial charge in [0.1, 0.15) is 5.01 Å². The minimum Gasteiger partial charge on any atom is -0.490 e. The Balaban J connectivity index is 2.13. The highest BCUT2D eigenvalue weighted by Gasteiger charge is 2.14. The summed E-state index contributed by atoms with van der Waals surface area (Å²) in [5, 5.41) is 6.49. The summed E-state index contributed by atoms with van der Waals surface area (Å²) in [5.41, 5.74) is 0. The van der Waals surface area contributed by atoms with E-state index in [-0.39, 0.29) is 6.04 Å². The molecule has 5 heteroatoms. The van der Waals surface area contributed by atoms with Crippen LogP contribution in [0.4, 0.5) is 5.82 Å². The first-order chi connectivity index (χ1) is 9.35. The molecule has 1 atom stereocenters. The third-order valence-corrected chi connectivity index (χ3v) is 3.59. The first-order valence-electron chi connectivity index (χ1n) is 6.58. The van der Waals surface area contributed by atoms with Crippen molar-refractivity contribution in [2.75, 3.05) is 11.9 Å². The van der Waals surface area contributed by atoms with E-state index in [1.165, 1.54) is 0 Å². The van der Waals surface area contributed by atoms with Gasteiger partial charge in [0.05, 0.1) is 12.6 Å². The Hall–Kier alpha value is -1.62. The number of nitrogens with one attached hydrogen (secondary N) is 1. The molecule has 2 aromatic rings. The van der Waals surface area contributed by atoms with Crippen molar-refractivity contribution >= 4 is 17.2 Å². The number of nitrogens with zero attached hydrogens (tertiary/aromatic N) is 2. The third-order valence-electron chi connectivity index (χ3n) is 2.70. The van der Waals surface area contributed by atoms with Crippen LogP contribution in [-0.2, 0) is 0 Å². The zero-order chi connectivity index (χ0) is 13.5. The second-order valence-corrected chi connectivity index (χ2v) is 5.10. The van der Waals surface area contributed by atoms with Gasteiger partial charge >= 0.3 is 0 Å². The van der Waals surface area contributed by atoms with Gasteiger partial charge in [-0.05, 0) is 25.0 Å². The van der Waals surface area contributed by atoms with E-state index in [4.69, 9.17) is 4.74 Å². The van der Waals surface area contributed by atoms with E-state index in [1.54, 1.807) is 17.5 Å².